The molecule has 1 aromatic heterocycles. The monoisotopic (exact) mass is 232 g/mol. The van der Waals surface area contributed by atoms with E-state index < -0.39 is 0 Å². The first-order chi connectivity index (χ1) is 8.35. The highest BCUT2D eigenvalue weighted by molar-refractivity contribution is 5.60. The Morgan fingerprint density at radius 1 is 1.29 bits per heavy atom. The van der Waals surface area contributed by atoms with Crippen molar-refractivity contribution in [3.8, 4) is 17.1 Å². The molecule has 0 saturated heterocycles. The fraction of sp³-hybridized carbons (Fsp3) is 0.308. The molecule has 1 heterocycles. The van der Waals surface area contributed by atoms with Gasteiger partial charge in [-0.3, -0.25) is 0 Å². The Balaban J connectivity index is 2.23. The summed E-state index contributed by atoms with van der Waals surface area (Å²) in [6.45, 7) is 3.33. The molecule has 0 atom stereocenters. The number of nitrogens with zero attached hydrogens (tertiary/aromatic N) is 1. The molecular weight excluding hydrogens is 216 g/mol. The van der Waals surface area contributed by atoms with E-state index in [-0.39, 0.29) is 0 Å². The van der Waals surface area contributed by atoms with Gasteiger partial charge in [0.05, 0.1) is 6.61 Å². The second-order valence-corrected chi connectivity index (χ2v) is 3.62. The molecule has 1 N–H and O–H groups in total. The molecule has 0 unspecified atom stereocenters. The summed E-state index contributed by atoms with van der Waals surface area (Å²) in [5, 5.41) is 3.06. The van der Waals surface area contributed by atoms with E-state index in [1.165, 1.54) is 6.39 Å². The van der Waals surface area contributed by atoms with Crippen molar-refractivity contribution in [2.75, 3.05) is 13.7 Å². The quantitative estimate of drug-likeness (QED) is 0.860. The molecule has 90 valence electrons. The first kappa shape index (κ1) is 11.7. The Hall–Kier alpha value is -1.81. The van der Waals surface area contributed by atoms with Crippen molar-refractivity contribution < 1.29 is 9.15 Å². The smallest absolute Gasteiger partial charge is 0.181 e. The Bertz CT molecular complexity index is 463. The van der Waals surface area contributed by atoms with Crippen LogP contribution in [0.2, 0.25) is 0 Å². The van der Waals surface area contributed by atoms with E-state index in [1.807, 2.05) is 38.2 Å². The molecule has 2 rings (SSSR count). The number of oxazole rings is 1. The van der Waals surface area contributed by atoms with E-state index in [1.54, 1.807) is 0 Å². The van der Waals surface area contributed by atoms with Crippen LogP contribution in [0, 0.1) is 0 Å². The Morgan fingerprint density at radius 2 is 2.06 bits per heavy atom. The molecular formula is C13H16N2O2. The first-order valence-corrected chi connectivity index (χ1v) is 5.65. The van der Waals surface area contributed by atoms with Gasteiger partial charge < -0.3 is 14.5 Å². The molecule has 2 aromatic rings. The van der Waals surface area contributed by atoms with Crippen LogP contribution in [0.5, 0.6) is 5.75 Å². The van der Waals surface area contributed by atoms with Crippen LogP contribution in [0.1, 0.15) is 12.6 Å². The van der Waals surface area contributed by atoms with E-state index >= 15 is 0 Å². The molecule has 0 radical (unpaired) electrons. The minimum absolute atomic E-state index is 0.673. The Kier molecular flexibility index (Phi) is 3.77. The second-order valence-electron chi connectivity index (χ2n) is 3.62. The maximum atomic E-state index is 5.41. The Morgan fingerprint density at radius 3 is 2.71 bits per heavy atom. The predicted octanol–water partition coefficient (Wildman–Crippen LogP) is 2.46. The lowest BCUT2D eigenvalue weighted by molar-refractivity contribution is 0.340. The predicted molar refractivity (Wildman–Crippen MR) is 65.9 cm³/mol. The molecule has 0 amide bonds. The molecule has 4 nitrogen and oxygen atoms in total. The fourth-order valence-electron chi connectivity index (χ4n) is 1.67. The summed E-state index contributed by atoms with van der Waals surface area (Å²) in [5.41, 5.74) is 1.92. The summed E-state index contributed by atoms with van der Waals surface area (Å²) >= 11 is 0. The maximum absolute atomic E-state index is 5.41. The third-order valence-electron chi connectivity index (χ3n) is 2.41. The zero-order valence-electron chi connectivity index (χ0n) is 10.1. The standard InChI is InChI=1S/C13H16N2O2/c1-3-16-11-6-4-10(5-7-11)13-12(8-14-2)15-9-17-13/h4-7,9,14H,3,8H2,1-2H3. The van der Waals surface area contributed by atoms with Gasteiger partial charge in [0, 0.05) is 12.1 Å². The van der Waals surface area contributed by atoms with E-state index in [2.05, 4.69) is 10.3 Å². The van der Waals surface area contributed by atoms with Crippen molar-refractivity contribution >= 4 is 0 Å². The number of nitrogens with one attached hydrogen (secondary N) is 1. The first-order valence-electron chi connectivity index (χ1n) is 5.65. The third-order valence-corrected chi connectivity index (χ3v) is 2.41. The number of aromatic nitrogens is 1. The van der Waals surface area contributed by atoms with E-state index in [9.17, 15) is 0 Å². The van der Waals surface area contributed by atoms with Crippen LogP contribution in [-0.2, 0) is 6.54 Å². The van der Waals surface area contributed by atoms with Gasteiger partial charge >= 0.3 is 0 Å². The van der Waals surface area contributed by atoms with Gasteiger partial charge in [-0.15, -0.1) is 0 Å². The van der Waals surface area contributed by atoms with Gasteiger partial charge in [0.25, 0.3) is 0 Å². The molecule has 0 aliphatic rings. The molecule has 4 heteroatoms. The summed E-state index contributed by atoms with van der Waals surface area (Å²) in [4.78, 5) is 4.18. The zero-order chi connectivity index (χ0) is 12.1. The summed E-state index contributed by atoms with van der Waals surface area (Å²) in [5.74, 6) is 1.67. The lowest BCUT2D eigenvalue weighted by Crippen LogP contribution is -2.06. The third kappa shape index (κ3) is 2.65. The van der Waals surface area contributed by atoms with Gasteiger partial charge in [-0.05, 0) is 38.2 Å². The van der Waals surface area contributed by atoms with E-state index in [4.69, 9.17) is 9.15 Å². The molecule has 0 spiro atoms. The van der Waals surface area contributed by atoms with Crippen LogP contribution >= 0.6 is 0 Å². The van der Waals surface area contributed by atoms with Crippen LogP contribution in [-0.4, -0.2) is 18.6 Å². The van der Waals surface area contributed by atoms with Gasteiger partial charge in [-0.1, -0.05) is 0 Å². The van der Waals surface area contributed by atoms with Gasteiger partial charge in [0.2, 0.25) is 0 Å². The average molecular weight is 232 g/mol. The van der Waals surface area contributed by atoms with E-state index in [0.717, 1.165) is 22.8 Å². The van der Waals surface area contributed by atoms with E-state index in [0.29, 0.717) is 13.2 Å². The average Bonchev–Trinajstić information content (AvgIpc) is 2.79. The SMILES string of the molecule is CCOc1ccc(-c2ocnc2CNC)cc1. The fourth-order valence-corrected chi connectivity index (χ4v) is 1.67. The number of hydrogen-bond donors (Lipinski definition) is 1. The van der Waals surface area contributed by atoms with Crippen molar-refractivity contribution in [2.45, 2.75) is 13.5 Å². The minimum atomic E-state index is 0.673. The maximum Gasteiger partial charge on any atom is 0.181 e. The lowest BCUT2D eigenvalue weighted by Gasteiger charge is -2.04. The number of hydrogen-bond acceptors (Lipinski definition) is 4. The molecule has 0 fully saturated rings. The minimum Gasteiger partial charge on any atom is -0.494 e. The van der Waals surface area contributed by atoms with Crippen LogP contribution in [0.25, 0.3) is 11.3 Å². The molecule has 0 saturated carbocycles. The highest BCUT2D eigenvalue weighted by Gasteiger charge is 2.09. The van der Waals surface area contributed by atoms with Crippen LogP contribution in [0.4, 0.5) is 0 Å². The van der Waals surface area contributed by atoms with Crippen molar-refractivity contribution in [1.29, 1.82) is 0 Å². The van der Waals surface area contributed by atoms with Crippen LogP contribution < -0.4 is 10.1 Å². The van der Waals surface area contributed by atoms with Crippen molar-refractivity contribution in [3.63, 3.8) is 0 Å². The summed E-state index contributed by atoms with van der Waals surface area (Å²) in [6, 6.07) is 7.82. The molecule has 17 heavy (non-hydrogen) atoms. The summed E-state index contributed by atoms with van der Waals surface area (Å²) < 4.78 is 10.8. The number of benzene rings is 1. The Labute approximate surface area is 101 Å². The topological polar surface area (TPSA) is 47.3 Å². The summed E-state index contributed by atoms with van der Waals surface area (Å²) in [6.07, 6.45) is 1.47. The molecule has 0 aliphatic carbocycles. The normalized spacial score (nSPS) is 10.5. The van der Waals surface area contributed by atoms with Crippen LogP contribution in [0.3, 0.4) is 0 Å². The van der Waals surface area contributed by atoms with Crippen molar-refractivity contribution in [3.05, 3.63) is 36.4 Å². The lowest BCUT2D eigenvalue weighted by atomic mass is 10.1. The molecule has 1 aromatic carbocycles. The number of rotatable bonds is 5. The second kappa shape index (κ2) is 5.50. The van der Waals surface area contributed by atoms with Gasteiger partial charge in [0.1, 0.15) is 11.4 Å². The van der Waals surface area contributed by atoms with Crippen LogP contribution in [0.15, 0.2) is 35.1 Å². The van der Waals surface area contributed by atoms with Gasteiger partial charge in [0.15, 0.2) is 12.2 Å². The molecule has 0 aliphatic heterocycles. The van der Waals surface area contributed by atoms with Gasteiger partial charge in [-0.25, -0.2) is 4.98 Å². The summed E-state index contributed by atoms with van der Waals surface area (Å²) in [7, 11) is 1.89. The van der Waals surface area contributed by atoms with Crippen molar-refractivity contribution in [2.24, 2.45) is 0 Å². The van der Waals surface area contributed by atoms with Gasteiger partial charge in [-0.2, -0.15) is 0 Å². The number of ether oxygens (including phenoxy) is 1. The molecule has 0 bridgehead atoms. The zero-order valence-corrected chi connectivity index (χ0v) is 10.1. The highest BCUT2D eigenvalue weighted by Crippen LogP contribution is 2.25. The van der Waals surface area contributed by atoms with Crippen molar-refractivity contribution in [1.82, 2.24) is 10.3 Å². The largest absolute Gasteiger partial charge is 0.494 e. The highest BCUT2D eigenvalue weighted by atomic mass is 16.5.